The molecule has 0 saturated heterocycles. The molecule has 19 heavy (non-hydrogen) atoms. The van der Waals surface area contributed by atoms with Gasteiger partial charge in [0.1, 0.15) is 5.82 Å². The third-order valence-electron chi connectivity index (χ3n) is 4.36. The summed E-state index contributed by atoms with van der Waals surface area (Å²) in [7, 11) is 0. The van der Waals surface area contributed by atoms with Gasteiger partial charge < -0.3 is 0 Å². The Morgan fingerprint density at radius 1 is 1.26 bits per heavy atom. The molecule has 1 aliphatic rings. The lowest BCUT2D eigenvalue weighted by molar-refractivity contribution is 0.145. The molecule has 0 unspecified atom stereocenters. The molecule has 0 N–H and O–H groups in total. The first-order valence-corrected chi connectivity index (χ1v) is 7.51. The Hall–Kier alpha value is -0.880. The average Bonchev–Trinajstić information content (AvgIpc) is 2.38. The Morgan fingerprint density at radius 3 is 2.47 bits per heavy atom. The summed E-state index contributed by atoms with van der Waals surface area (Å²) in [6.45, 7) is 4.51. The van der Waals surface area contributed by atoms with Gasteiger partial charge in [-0.3, -0.25) is 0 Å². The van der Waals surface area contributed by atoms with Gasteiger partial charge in [-0.05, 0) is 65.1 Å². The second kappa shape index (κ2) is 5.25. The van der Waals surface area contributed by atoms with Crippen LogP contribution in [-0.4, -0.2) is 0 Å². The molecule has 1 aromatic rings. The first-order chi connectivity index (χ1) is 8.87. The molecule has 1 fully saturated rings. The van der Waals surface area contributed by atoms with E-state index in [9.17, 15) is 9.65 Å². The number of hydrogen-bond donors (Lipinski definition) is 0. The maximum atomic E-state index is 13.6. The Balaban J connectivity index is 2.21. The zero-order valence-corrected chi connectivity index (χ0v) is 13.1. The molecule has 1 aromatic carbocycles. The van der Waals surface area contributed by atoms with E-state index in [1.54, 1.807) is 6.07 Å². The van der Waals surface area contributed by atoms with E-state index in [1.807, 2.05) is 6.07 Å². The quantitative estimate of drug-likeness (QED) is 0.730. The smallest absolute Gasteiger partial charge is 0.137 e. The van der Waals surface area contributed by atoms with E-state index in [0.717, 1.165) is 31.2 Å². The molecular formula is C16H19BrFN. The van der Waals surface area contributed by atoms with Crippen LogP contribution >= 0.6 is 15.9 Å². The third-order valence-corrected chi connectivity index (χ3v) is 5.25. The van der Waals surface area contributed by atoms with Crippen LogP contribution in [0.15, 0.2) is 22.7 Å². The van der Waals surface area contributed by atoms with Gasteiger partial charge in [0.25, 0.3) is 0 Å². The summed E-state index contributed by atoms with van der Waals surface area (Å²) in [4.78, 5) is 0. The molecule has 0 amide bonds. The summed E-state index contributed by atoms with van der Waals surface area (Å²) in [6, 6.07) is 7.57. The summed E-state index contributed by atoms with van der Waals surface area (Å²) in [5.74, 6) is -0.248. The van der Waals surface area contributed by atoms with Gasteiger partial charge in [0.2, 0.25) is 0 Å². The fourth-order valence-corrected chi connectivity index (χ4v) is 3.19. The molecule has 1 aliphatic carbocycles. The molecule has 0 aliphatic heterocycles. The number of halogens is 2. The lowest BCUT2D eigenvalue weighted by Crippen LogP contribution is -2.32. The molecule has 0 heterocycles. The average molecular weight is 324 g/mol. The molecule has 2 rings (SSSR count). The predicted molar refractivity (Wildman–Crippen MR) is 78.1 cm³/mol. The highest BCUT2D eigenvalue weighted by molar-refractivity contribution is 9.10. The topological polar surface area (TPSA) is 23.8 Å². The summed E-state index contributed by atoms with van der Waals surface area (Å²) >= 11 is 3.30. The van der Waals surface area contributed by atoms with E-state index in [4.69, 9.17) is 0 Å². The van der Waals surface area contributed by atoms with Crippen LogP contribution in [0.5, 0.6) is 0 Å². The van der Waals surface area contributed by atoms with Gasteiger partial charge in [0.15, 0.2) is 0 Å². The number of hydrogen-bond acceptors (Lipinski definition) is 1. The van der Waals surface area contributed by atoms with E-state index < -0.39 is 0 Å². The Kier molecular flexibility index (Phi) is 4.01. The summed E-state index contributed by atoms with van der Waals surface area (Å²) < 4.78 is 14.1. The van der Waals surface area contributed by atoms with Crippen LogP contribution < -0.4 is 0 Å². The normalized spacial score (nSPS) is 20.8. The first kappa shape index (κ1) is 14.5. The van der Waals surface area contributed by atoms with Crippen molar-refractivity contribution >= 4 is 15.9 Å². The fraction of sp³-hybridized carbons (Fsp3) is 0.562. The third kappa shape index (κ3) is 3.17. The molecular weight excluding hydrogens is 305 g/mol. The van der Waals surface area contributed by atoms with Crippen molar-refractivity contribution in [1.82, 2.24) is 0 Å². The van der Waals surface area contributed by atoms with E-state index in [-0.39, 0.29) is 11.2 Å². The van der Waals surface area contributed by atoms with Crippen LogP contribution in [0.1, 0.15) is 45.1 Å². The summed E-state index contributed by atoms with van der Waals surface area (Å²) in [6.07, 6.45) is 4.57. The van der Waals surface area contributed by atoms with Crippen LogP contribution in [0.25, 0.3) is 0 Å². The Morgan fingerprint density at radius 2 is 1.89 bits per heavy atom. The zero-order valence-electron chi connectivity index (χ0n) is 11.5. The van der Waals surface area contributed by atoms with Crippen molar-refractivity contribution in [3.63, 3.8) is 0 Å². The molecule has 102 valence electrons. The predicted octanol–water partition coefficient (Wildman–Crippen LogP) is 5.24. The standard InChI is InChI=1S/C16H19BrFN/c1-15(2)6-8-16(11-19,9-7-15)10-12-4-3-5-13(18)14(12)17/h3-5H,6-10H2,1-2H3. The SMILES string of the molecule is CC1(C)CCC(C#N)(Cc2cccc(F)c2Br)CC1. The molecule has 0 aromatic heterocycles. The molecule has 3 heteroatoms. The van der Waals surface area contributed by atoms with E-state index in [2.05, 4.69) is 35.8 Å². The van der Waals surface area contributed by atoms with E-state index in [1.165, 1.54) is 6.07 Å². The van der Waals surface area contributed by atoms with E-state index in [0.29, 0.717) is 16.3 Å². The van der Waals surface area contributed by atoms with Crippen molar-refractivity contribution in [2.45, 2.75) is 46.0 Å². The minimum absolute atomic E-state index is 0.248. The lowest BCUT2D eigenvalue weighted by atomic mass is 9.64. The number of nitrogens with zero attached hydrogens (tertiary/aromatic N) is 1. The molecule has 1 nitrogen and oxygen atoms in total. The van der Waals surface area contributed by atoms with Crippen molar-refractivity contribution in [2.75, 3.05) is 0 Å². The second-order valence-corrected chi connectivity index (χ2v) is 7.24. The van der Waals surface area contributed by atoms with Crippen LogP contribution in [0.3, 0.4) is 0 Å². The van der Waals surface area contributed by atoms with Crippen LogP contribution in [0, 0.1) is 28.0 Å². The second-order valence-electron chi connectivity index (χ2n) is 6.45. The largest absolute Gasteiger partial charge is 0.206 e. The van der Waals surface area contributed by atoms with Crippen molar-refractivity contribution in [3.05, 3.63) is 34.1 Å². The van der Waals surface area contributed by atoms with Crippen LogP contribution in [-0.2, 0) is 6.42 Å². The van der Waals surface area contributed by atoms with Crippen molar-refractivity contribution in [1.29, 1.82) is 5.26 Å². The minimum Gasteiger partial charge on any atom is -0.206 e. The van der Waals surface area contributed by atoms with Crippen molar-refractivity contribution in [2.24, 2.45) is 10.8 Å². The van der Waals surface area contributed by atoms with Gasteiger partial charge in [-0.15, -0.1) is 0 Å². The minimum atomic E-state index is -0.328. The summed E-state index contributed by atoms with van der Waals surface area (Å²) in [5.41, 5.74) is 0.909. The molecule has 1 saturated carbocycles. The fourth-order valence-electron chi connectivity index (χ4n) is 2.78. The van der Waals surface area contributed by atoms with Gasteiger partial charge in [-0.2, -0.15) is 5.26 Å². The van der Waals surface area contributed by atoms with Gasteiger partial charge in [-0.1, -0.05) is 26.0 Å². The molecule has 0 spiro atoms. The Bertz CT molecular complexity index is 506. The highest BCUT2D eigenvalue weighted by atomic mass is 79.9. The highest BCUT2D eigenvalue weighted by Gasteiger charge is 2.39. The van der Waals surface area contributed by atoms with Crippen LogP contribution in [0.2, 0.25) is 0 Å². The highest BCUT2D eigenvalue weighted by Crippen LogP contribution is 2.47. The van der Waals surface area contributed by atoms with Crippen molar-refractivity contribution in [3.8, 4) is 6.07 Å². The summed E-state index contributed by atoms with van der Waals surface area (Å²) in [5, 5.41) is 9.57. The van der Waals surface area contributed by atoms with Gasteiger partial charge in [-0.25, -0.2) is 4.39 Å². The van der Waals surface area contributed by atoms with Gasteiger partial charge in [0.05, 0.1) is 16.0 Å². The number of benzene rings is 1. The maximum Gasteiger partial charge on any atom is 0.137 e. The lowest BCUT2D eigenvalue weighted by Gasteiger charge is -2.39. The van der Waals surface area contributed by atoms with Gasteiger partial charge >= 0.3 is 0 Å². The zero-order chi connectivity index (χ0) is 14.1. The monoisotopic (exact) mass is 323 g/mol. The maximum absolute atomic E-state index is 13.6. The molecule has 0 atom stereocenters. The number of rotatable bonds is 2. The van der Waals surface area contributed by atoms with Crippen molar-refractivity contribution < 1.29 is 4.39 Å². The molecule has 0 bridgehead atoms. The molecule has 0 radical (unpaired) electrons. The van der Waals surface area contributed by atoms with Crippen LogP contribution in [0.4, 0.5) is 4.39 Å². The number of nitriles is 1. The first-order valence-electron chi connectivity index (χ1n) is 6.72. The Labute approximate surface area is 123 Å². The van der Waals surface area contributed by atoms with E-state index >= 15 is 0 Å². The van der Waals surface area contributed by atoms with Gasteiger partial charge in [0, 0.05) is 0 Å².